The zero-order valence-corrected chi connectivity index (χ0v) is 9.92. The molecule has 0 aromatic rings. The number of likely N-dealkylation sites (tertiary alicyclic amines) is 1. The van der Waals surface area contributed by atoms with Crippen LogP contribution >= 0.6 is 0 Å². The molecular formula is C11H18F2N2O2. The van der Waals surface area contributed by atoms with Crippen molar-refractivity contribution in [3.63, 3.8) is 0 Å². The molecule has 1 amide bonds. The lowest BCUT2D eigenvalue weighted by atomic mass is 10.1. The third-order valence-electron chi connectivity index (χ3n) is 3.38. The van der Waals surface area contributed by atoms with Gasteiger partial charge in [0.1, 0.15) is 0 Å². The Hall–Kier alpha value is -0.750. The maximum atomic E-state index is 13.3. The monoisotopic (exact) mass is 248 g/mol. The summed E-state index contributed by atoms with van der Waals surface area (Å²) in [5.41, 5.74) is 0. The van der Waals surface area contributed by atoms with E-state index in [0.717, 1.165) is 19.4 Å². The van der Waals surface area contributed by atoms with Crippen molar-refractivity contribution in [1.29, 1.82) is 0 Å². The molecule has 17 heavy (non-hydrogen) atoms. The van der Waals surface area contributed by atoms with Crippen molar-refractivity contribution in [3.8, 4) is 0 Å². The summed E-state index contributed by atoms with van der Waals surface area (Å²) in [6.07, 6.45) is 1.37. The fourth-order valence-corrected chi connectivity index (χ4v) is 2.59. The van der Waals surface area contributed by atoms with Crippen LogP contribution in [0.4, 0.5) is 8.78 Å². The highest BCUT2D eigenvalue weighted by Gasteiger charge is 2.48. The van der Waals surface area contributed by atoms with Gasteiger partial charge in [0, 0.05) is 13.5 Å². The summed E-state index contributed by atoms with van der Waals surface area (Å²) in [5, 5.41) is 3.05. The molecule has 2 aliphatic rings. The van der Waals surface area contributed by atoms with Gasteiger partial charge in [0.25, 0.3) is 5.92 Å². The molecule has 0 aromatic heterocycles. The molecule has 2 rings (SSSR count). The van der Waals surface area contributed by atoms with Crippen LogP contribution in [0, 0.1) is 0 Å². The average Bonchev–Trinajstić information content (AvgIpc) is 2.85. The van der Waals surface area contributed by atoms with E-state index in [4.69, 9.17) is 4.74 Å². The first-order chi connectivity index (χ1) is 8.03. The van der Waals surface area contributed by atoms with Gasteiger partial charge in [-0.05, 0) is 19.4 Å². The maximum absolute atomic E-state index is 13.3. The van der Waals surface area contributed by atoms with Gasteiger partial charge in [-0.15, -0.1) is 0 Å². The highest BCUT2D eigenvalue weighted by molar-refractivity contribution is 5.83. The minimum atomic E-state index is -2.78. The fourth-order valence-electron chi connectivity index (χ4n) is 2.59. The van der Waals surface area contributed by atoms with Crippen LogP contribution in [0.3, 0.4) is 0 Å². The summed E-state index contributed by atoms with van der Waals surface area (Å²) >= 11 is 0. The van der Waals surface area contributed by atoms with Gasteiger partial charge in [0.05, 0.1) is 25.2 Å². The van der Waals surface area contributed by atoms with Crippen LogP contribution in [0.5, 0.6) is 0 Å². The summed E-state index contributed by atoms with van der Waals surface area (Å²) in [7, 11) is 1.47. The van der Waals surface area contributed by atoms with Crippen molar-refractivity contribution in [2.75, 3.05) is 26.8 Å². The summed E-state index contributed by atoms with van der Waals surface area (Å²) in [6.45, 7) is 0.488. The number of carbonyl (C=O) groups excluding carboxylic acids is 1. The Morgan fingerprint density at radius 1 is 1.59 bits per heavy atom. The Kier molecular flexibility index (Phi) is 3.63. The molecule has 0 aliphatic carbocycles. The zero-order valence-electron chi connectivity index (χ0n) is 9.92. The van der Waals surface area contributed by atoms with E-state index >= 15 is 0 Å². The first-order valence-electron chi connectivity index (χ1n) is 5.94. The van der Waals surface area contributed by atoms with E-state index in [1.54, 1.807) is 0 Å². The third kappa shape index (κ3) is 2.74. The second kappa shape index (κ2) is 4.86. The number of ether oxygens (including phenoxy) is 1. The second-order valence-corrected chi connectivity index (χ2v) is 4.78. The van der Waals surface area contributed by atoms with Gasteiger partial charge in [-0.25, -0.2) is 8.78 Å². The van der Waals surface area contributed by atoms with Crippen LogP contribution < -0.4 is 5.32 Å². The predicted molar refractivity (Wildman–Crippen MR) is 58.0 cm³/mol. The molecule has 0 saturated carbocycles. The van der Waals surface area contributed by atoms with E-state index in [-0.39, 0.29) is 25.0 Å². The largest absolute Gasteiger partial charge is 0.383 e. The number of amides is 1. The Balaban J connectivity index is 2.03. The molecule has 2 aliphatic heterocycles. The normalized spacial score (nSPS) is 32.1. The first-order valence-corrected chi connectivity index (χ1v) is 5.94. The second-order valence-electron chi connectivity index (χ2n) is 4.78. The molecule has 4 nitrogen and oxygen atoms in total. The molecule has 98 valence electrons. The van der Waals surface area contributed by atoms with Crippen molar-refractivity contribution in [2.24, 2.45) is 0 Å². The zero-order chi connectivity index (χ0) is 12.5. The molecule has 6 heteroatoms. The van der Waals surface area contributed by atoms with E-state index in [1.165, 1.54) is 12.0 Å². The number of methoxy groups -OCH3 is 1. The van der Waals surface area contributed by atoms with Gasteiger partial charge in [-0.1, -0.05) is 0 Å². The summed E-state index contributed by atoms with van der Waals surface area (Å²) < 4.78 is 31.6. The number of carbonyl (C=O) groups is 1. The third-order valence-corrected chi connectivity index (χ3v) is 3.38. The molecule has 2 heterocycles. The molecule has 2 atom stereocenters. The van der Waals surface area contributed by atoms with E-state index in [0.29, 0.717) is 0 Å². The molecule has 2 fully saturated rings. The average molecular weight is 248 g/mol. The summed E-state index contributed by atoms with van der Waals surface area (Å²) in [6, 6.07) is -0.784. The molecule has 0 unspecified atom stereocenters. The minimum Gasteiger partial charge on any atom is -0.383 e. The smallest absolute Gasteiger partial charge is 0.267 e. The van der Waals surface area contributed by atoms with Crippen LogP contribution in [0.25, 0.3) is 0 Å². The van der Waals surface area contributed by atoms with Gasteiger partial charge in [-0.3, -0.25) is 4.79 Å². The number of hydrogen-bond acceptors (Lipinski definition) is 3. The van der Waals surface area contributed by atoms with E-state index in [1.807, 2.05) is 0 Å². The van der Waals surface area contributed by atoms with E-state index in [9.17, 15) is 13.6 Å². The van der Waals surface area contributed by atoms with Crippen molar-refractivity contribution in [2.45, 2.75) is 37.3 Å². The molecule has 0 aromatic carbocycles. The lowest BCUT2D eigenvalue weighted by molar-refractivity contribution is -0.135. The molecular weight excluding hydrogens is 230 g/mol. The van der Waals surface area contributed by atoms with Gasteiger partial charge < -0.3 is 15.0 Å². The first kappa shape index (κ1) is 12.7. The van der Waals surface area contributed by atoms with Crippen molar-refractivity contribution >= 4 is 5.91 Å². The number of rotatable bonds is 3. The molecule has 0 bridgehead atoms. The van der Waals surface area contributed by atoms with Gasteiger partial charge in [0.15, 0.2) is 0 Å². The van der Waals surface area contributed by atoms with Crippen LogP contribution in [-0.4, -0.2) is 55.6 Å². The predicted octanol–water partition coefficient (Wildman–Crippen LogP) is 0.621. The summed E-state index contributed by atoms with van der Waals surface area (Å²) in [4.78, 5) is 13.4. The maximum Gasteiger partial charge on any atom is 0.267 e. The Bertz CT molecular complexity index is 293. The number of alkyl halides is 2. The number of hydrogen-bond donors (Lipinski definition) is 1. The van der Waals surface area contributed by atoms with Crippen molar-refractivity contribution < 1.29 is 18.3 Å². The topological polar surface area (TPSA) is 41.6 Å². The van der Waals surface area contributed by atoms with Crippen LogP contribution in [0.2, 0.25) is 0 Å². The van der Waals surface area contributed by atoms with Gasteiger partial charge in [0.2, 0.25) is 5.91 Å². The Morgan fingerprint density at radius 3 is 2.94 bits per heavy atom. The number of nitrogens with zero attached hydrogens (tertiary/aromatic N) is 1. The van der Waals surface area contributed by atoms with Crippen LogP contribution in [0.15, 0.2) is 0 Å². The SMILES string of the molecule is COC[C@@H]1CC(F)(F)CN1C(=O)[C@H]1CCCN1. The number of halogens is 2. The van der Waals surface area contributed by atoms with Crippen LogP contribution in [-0.2, 0) is 9.53 Å². The molecule has 0 spiro atoms. The lowest BCUT2D eigenvalue weighted by Crippen LogP contribution is -2.47. The molecule has 0 radical (unpaired) electrons. The Morgan fingerprint density at radius 2 is 2.35 bits per heavy atom. The van der Waals surface area contributed by atoms with E-state index in [2.05, 4.69) is 5.32 Å². The van der Waals surface area contributed by atoms with Gasteiger partial charge in [-0.2, -0.15) is 0 Å². The van der Waals surface area contributed by atoms with Gasteiger partial charge >= 0.3 is 0 Å². The highest BCUT2D eigenvalue weighted by atomic mass is 19.3. The number of nitrogens with one attached hydrogen (secondary N) is 1. The fraction of sp³-hybridized carbons (Fsp3) is 0.909. The Labute approximate surface area is 99.3 Å². The molecule has 1 N–H and O–H groups in total. The van der Waals surface area contributed by atoms with Crippen LogP contribution in [0.1, 0.15) is 19.3 Å². The van der Waals surface area contributed by atoms with E-state index < -0.39 is 18.5 Å². The minimum absolute atomic E-state index is 0.175. The quantitative estimate of drug-likeness (QED) is 0.796. The summed E-state index contributed by atoms with van der Waals surface area (Å²) in [5.74, 6) is -2.99. The van der Waals surface area contributed by atoms with Crippen molar-refractivity contribution in [3.05, 3.63) is 0 Å². The lowest BCUT2D eigenvalue weighted by Gasteiger charge is -2.26. The standard InChI is InChI=1S/C11H18F2N2O2/c1-17-6-8-5-11(12,13)7-15(8)10(16)9-3-2-4-14-9/h8-9,14H,2-7H2,1H3/t8-,9+/m0/s1. The highest BCUT2D eigenvalue weighted by Crippen LogP contribution is 2.33. The molecule has 2 saturated heterocycles. The van der Waals surface area contributed by atoms with Crippen molar-refractivity contribution in [1.82, 2.24) is 10.2 Å².